The predicted octanol–water partition coefficient (Wildman–Crippen LogP) is 6.61. The minimum absolute atomic E-state index is 0.0530. The highest BCUT2D eigenvalue weighted by molar-refractivity contribution is 5.92. The molecule has 7 heteroatoms. The number of ketones is 2. The normalized spacial score (nSPS) is 34.5. The average molecular weight is 548 g/mol. The Morgan fingerprint density at radius 1 is 1.12 bits per heavy atom. The Hall–Kier alpha value is -3.22. The Labute approximate surface area is 236 Å². The van der Waals surface area contributed by atoms with Gasteiger partial charge in [-0.05, 0) is 111 Å². The van der Waals surface area contributed by atoms with Gasteiger partial charge in [-0.1, -0.05) is 48.5 Å². The molecule has 5 rings (SSSR count). The summed E-state index contributed by atoms with van der Waals surface area (Å²) in [6.45, 7) is 5.82. The molecule has 0 radical (unpaired) electrons. The van der Waals surface area contributed by atoms with E-state index >= 15 is 0 Å². The topological polar surface area (TPSA) is 102 Å². The van der Waals surface area contributed by atoms with E-state index in [9.17, 15) is 14.4 Å². The molecular weight excluding hydrogens is 506 g/mol. The zero-order chi connectivity index (χ0) is 28.5. The molecular formula is C33H41NO6. The minimum Gasteiger partial charge on any atom is -0.435 e. The molecule has 4 aliphatic carbocycles. The molecule has 0 heterocycles. The van der Waals surface area contributed by atoms with E-state index in [1.807, 2.05) is 30.3 Å². The number of hydrogen-bond acceptors (Lipinski definition) is 7. The molecule has 0 aromatic heterocycles. The molecule has 0 saturated heterocycles. The van der Waals surface area contributed by atoms with Crippen molar-refractivity contribution in [3.8, 4) is 0 Å². The number of allylic oxidation sites excluding steroid dienone is 4. The third kappa shape index (κ3) is 4.61. The summed E-state index contributed by atoms with van der Waals surface area (Å²) < 4.78 is 11.3. The number of aryl methyl sites for hydroxylation is 1. The maximum atomic E-state index is 13.6. The molecule has 1 aromatic rings. The first kappa shape index (κ1) is 28.3. The highest BCUT2D eigenvalue weighted by atomic mass is 16.7. The van der Waals surface area contributed by atoms with Gasteiger partial charge in [-0.25, -0.2) is 4.79 Å². The van der Waals surface area contributed by atoms with Gasteiger partial charge in [0, 0.05) is 11.8 Å². The fourth-order valence-corrected chi connectivity index (χ4v) is 8.82. The van der Waals surface area contributed by atoms with Gasteiger partial charge >= 0.3 is 6.16 Å². The van der Waals surface area contributed by atoms with Gasteiger partial charge in [0.15, 0.2) is 17.2 Å². The number of oxime groups is 1. The smallest absolute Gasteiger partial charge is 0.435 e. The Morgan fingerprint density at radius 3 is 2.58 bits per heavy atom. The van der Waals surface area contributed by atoms with Crippen molar-refractivity contribution < 1.29 is 29.1 Å². The van der Waals surface area contributed by atoms with E-state index in [0.29, 0.717) is 18.8 Å². The quantitative estimate of drug-likeness (QED) is 0.170. The van der Waals surface area contributed by atoms with Gasteiger partial charge < -0.3 is 14.7 Å². The van der Waals surface area contributed by atoms with Crippen molar-refractivity contribution in [3.05, 3.63) is 59.2 Å². The largest absolute Gasteiger partial charge is 0.509 e. The van der Waals surface area contributed by atoms with Crippen LogP contribution in [0.25, 0.3) is 0 Å². The molecule has 0 bridgehead atoms. The van der Waals surface area contributed by atoms with Crippen molar-refractivity contribution >= 4 is 23.9 Å². The zero-order valence-electron chi connectivity index (χ0n) is 23.9. The SMILES string of the molecule is CCOC(=O)O[C@]1(C(C)=O)CC[C@H]2[C@@H]3C=CC4=CC(=O)CC[C@@]4(C)[C@@H]3CC[C@@]21CCCc1ccc(/C=N/O)cc1. The first-order valence-electron chi connectivity index (χ1n) is 14.8. The molecule has 0 amide bonds. The fraction of sp³-hybridized carbons (Fsp3) is 0.576. The number of fused-ring (bicyclic) bond motifs is 5. The van der Waals surface area contributed by atoms with Crippen LogP contribution in [0, 0.1) is 28.6 Å². The van der Waals surface area contributed by atoms with Gasteiger partial charge in [0.1, 0.15) is 0 Å². The second kappa shape index (κ2) is 11.0. The fourth-order valence-electron chi connectivity index (χ4n) is 8.82. The molecule has 4 aliphatic rings. The van der Waals surface area contributed by atoms with Crippen molar-refractivity contribution in [1.82, 2.24) is 0 Å². The lowest BCUT2D eigenvalue weighted by molar-refractivity contribution is -0.168. The van der Waals surface area contributed by atoms with E-state index in [2.05, 4.69) is 24.2 Å². The van der Waals surface area contributed by atoms with E-state index in [1.54, 1.807) is 13.8 Å². The van der Waals surface area contributed by atoms with Crippen LogP contribution in [-0.2, 0) is 25.5 Å². The number of carbonyl (C=O) groups excluding carboxylic acids is 3. The number of hydrogen-bond donors (Lipinski definition) is 1. The van der Waals surface area contributed by atoms with Gasteiger partial charge in [0.2, 0.25) is 0 Å². The summed E-state index contributed by atoms with van der Waals surface area (Å²) in [5.41, 5.74) is 1.40. The van der Waals surface area contributed by atoms with E-state index in [4.69, 9.17) is 14.7 Å². The van der Waals surface area contributed by atoms with Gasteiger partial charge in [-0.15, -0.1) is 0 Å². The number of rotatable bonds is 8. The van der Waals surface area contributed by atoms with E-state index in [1.165, 1.54) is 11.8 Å². The summed E-state index contributed by atoms with van der Waals surface area (Å²) in [5.74, 6) is 0.954. The van der Waals surface area contributed by atoms with Crippen LogP contribution in [0.2, 0.25) is 0 Å². The van der Waals surface area contributed by atoms with Crippen molar-refractivity contribution in [2.24, 2.45) is 33.7 Å². The lowest BCUT2D eigenvalue weighted by atomic mass is 9.46. The van der Waals surface area contributed by atoms with Crippen LogP contribution in [0.4, 0.5) is 4.79 Å². The van der Waals surface area contributed by atoms with Gasteiger partial charge in [0.05, 0.1) is 12.8 Å². The number of carbonyl (C=O) groups is 3. The molecule has 0 spiro atoms. The van der Waals surface area contributed by atoms with Crippen molar-refractivity contribution in [3.63, 3.8) is 0 Å². The molecule has 7 nitrogen and oxygen atoms in total. The highest BCUT2D eigenvalue weighted by Crippen LogP contribution is 2.68. The highest BCUT2D eigenvalue weighted by Gasteiger charge is 2.69. The van der Waals surface area contributed by atoms with E-state index < -0.39 is 17.2 Å². The van der Waals surface area contributed by atoms with Crippen LogP contribution in [0.1, 0.15) is 83.3 Å². The van der Waals surface area contributed by atoms with Gasteiger partial charge in [-0.2, -0.15) is 0 Å². The van der Waals surface area contributed by atoms with Crippen LogP contribution in [0.15, 0.2) is 53.2 Å². The van der Waals surface area contributed by atoms with Crippen LogP contribution in [0.5, 0.6) is 0 Å². The van der Waals surface area contributed by atoms with E-state index in [0.717, 1.165) is 56.1 Å². The zero-order valence-corrected chi connectivity index (χ0v) is 23.9. The second-order valence-electron chi connectivity index (χ2n) is 12.4. The summed E-state index contributed by atoms with van der Waals surface area (Å²) in [6, 6.07) is 7.92. The number of nitrogens with zero attached hydrogens (tertiary/aromatic N) is 1. The Morgan fingerprint density at radius 2 is 1.88 bits per heavy atom. The lowest BCUT2D eigenvalue weighted by Gasteiger charge is -2.58. The van der Waals surface area contributed by atoms with Crippen molar-refractivity contribution in [2.45, 2.75) is 84.2 Å². The molecule has 1 aromatic carbocycles. The predicted molar refractivity (Wildman–Crippen MR) is 151 cm³/mol. The van der Waals surface area contributed by atoms with Crippen LogP contribution >= 0.6 is 0 Å². The summed E-state index contributed by atoms with van der Waals surface area (Å²) >= 11 is 0. The summed E-state index contributed by atoms with van der Waals surface area (Å²) in [6.07, 6.45) is 13.9. The van der Waals surface area contributed by atoms with Crippen molar-refractivity contribution in [1.29, 1.82) is 0 Å². The van der Waals surface area contributed by atoms with Crippen LogP contribution in [-0.4, -0.2) is 41.4 Å². The molecule has 2 saturated carbocycles. The summed E-state index contributed by atoms with van der Waals surface area (Å²) in [7, 11) is 0. The first-order valence-corrected chi connectivity index (χ1v) is 14.8. The molecule has 0 unspecified atom stereocenters. The molecule has 2 fully saturated rings. The summed E-state index contributed by atoms with van der Waals surface area (Å²) in [5, 5.41) is 11.9. The average Bonchev–Trinajstić information content (AvgIpc) is 3.25. The third-order valence-corrected chi connectivity index (χ3v) is 10.7. The minimum atomic E-state index is -1.20. The Balaban J connectivity index is 1.48. The number of benzene rings is 1. The first-order chi connectivity index (χ1) is 19.2. The number of Topliss-reactive ketones (excluding diaryl/α,β-unsaturated/α-hetero) is 1. The third-order valence-electron chi connectivity index (χ3n) is 10.7. The summed E-state index contributed by atoms with van der Waals surface area (Å²) in [4.78, 5) is 38.6. The maximum Gasteiger partial charge on any atom is 0.509 e. The molecule has 0 aliphatic heterocycles. The van der Waals surface area contributed by atoms with Crippen LogP contribution < -0.4 is 0 Å². The second-order valence-corrected chi connectivity index (χ2v) is 12.4. The number of ether oxygens (including phenoxy) is 2. The monoisotopic (exact) mass is 547 g/mol. The molecule has 214 valence electrons. The molecule has 1 N–H and O–H groups in total. The molecule has 6 atom stereocenters. The molecule has 40 heavy (non-hydrogen) atoms. The van der Waals surface area contributed by atoms with Gasteiger partial charge in [-0.3, -0.25) is 9.59 Å². The maximum absolute atomic E-state index is 13.6. The van der Waals surface area contributed by atoms with Gasteiger partial charge in [0.25, 0.3) is 0 Å². The van der Waals surface area contributed by atoms with E-state index in [-0.39, 0.29) is 35.4 Å². The standard InChI is InChI=1S/C33H41NO6/c1-4-39-30(37)40-33(22(2)35)19-15-29-27-12-11-25-20-26(36)13-17-31(25,3)28(27)14-18-32(29,33)16-5-6-23-7-9-24(10-8-23)21-34-38/h7-12,20-21,27-29,38H,4-6,13-19H2,1-3H3/b34-21+/t27-,28-,29+,31-,32+,33+/m1/s1. The van der Waals surface area contributed by atoms with Crippen LogP contribution in [0.3, 0.4) is 0 Å². The Bertz CT molecular complexity index is 1250. The van der Waals surface area contributed by atoms with Crippen molar-refractivity contribution in [2.75, 3.05) is 6.61 Å². The Kier molecular flexibility index (Phi) is 7.77. The lowest BCUT2D eigenvalue weighted by Crippen LogP contribution is -2.59.